The quantitative estimate of drug-likeness (QED) is 0.338. The van der Waals surface area contributed by atoms with Crippen molar-refractivity contribution in [1.82, 2.24) is 5.23 Å². The van der Waals surface area contributed by atoms with Gasteiger partial charge >= 0.3 is 11.9 Å². The number of hydrogen-bond acceptors (Lipinski definition) is 8. The monoisotopic (exact) mass is 451 g/mol. The van der Waals surface area contributed by atoms with Gasteiger partial charge in [-0.1, -0.05) is 56.4 Å². The second kappa shape index (κ2) is 10.2. The lowest BCUT2D eigenvalue weighted by molar-refractivity contribution is -0.441. The zero-order valence-electron chi connectivity index (χ0n) is 18.9. The molecule has 5 atom stereocenters. The summed E-state index contributed by atoms with van der Waals surface area (Å²) in [7, 11) is -0.609. The lowest BCUT2D eigenvalue weighted by atomic mass is 9.93. The first-order valence-electron chi connectivity index (χ1n) is 10.8. The Morgan fingerprint density at radius 1 is 1.16 bits per heavy atom. The number of hydrogen-bond donors (Lipinski definition) is 0. The lowest BCUT2D eigenvalue weighted by Crippen LogP contribution is -2.55. The van der Waals surface area contributed by atoms with Gasteiger partial charge < -0.3 is 14.2 Å². The first kappa shape index (κ1) is 23.9. The fraction of sp³-hybridized carbons (Fsp3) is 0.636. The van der Waals surface area contributed by atoms with E-state index in [1.54, 1.807) is 24.3 Å². The van der Waals surface area contributed by atoms with Gasteiger partial charge in [0.15, 0.2) is 6.29 Å². The molecule has 0 radical (unpaired) electrons. The van der Waals surface area contributed by atoms with Gasteiger partial charge in [0, 0.05) is 13.0 Å². The van der Waals surface area contributed by atoms with Gasteiger partial charge in [0.25, 0.3) is 0 Å². The summed E-state index contributed by atoms with van der Waals surface area (Å²) in [6.45, 7) is 8.95. The van der Waals surface area contributed by atoms with Crippen molar-refractivity contribution in [3.8, 4) is 0 Å². The maximum absolute atomic E-state index is 12.8. The summed E-state index contributed by atoms with van der Waals surface area (Å²) >= 11 is 0. The summed E-state index contributed by atoms with van der Waals surface area (Å²) in [6.07, 6.45) is 0.901. The van der Waals surface area contributed by atoms with Gasteiger partial charge in [-0.05, 0) is 18.6 Å². The van der Waals surface area contributed by atoms with E-state index in [1.807, 2.05) is 6.07 Å². The minimum atomic E-state index is -1.97. The van der Waals surface area contributed by atoms with Crippen LogP contribution in [0.5, 0.6) is 0 Å². The number of rotatable bonds is 8. The van der Waals surface area contributed by atoms with E-state index in [2.05, 4.69) is 26.6 Å². The van der Waals surface area contributed by atoms with Gasteiger partial charge in [-0.25, -0.2) is 9.63 Å². The number of ether oxygens (including phenoxy) is 3. The molecule has 0 bridgehead atoms. The minimum absolute atomic E-state index is 0.304. The van der Waals surface area contributed by atoms with Crippen LogP contribution >= 0.6 is 0 Å². The number of carbonyl (C=O) groups excluding carboxylic acids is 2. The number of methoxy groups -OCH3 is 1. The van der Waals surface area contributed by atoms with Crippen molar-refractivity contribution in [2.75, 3.05) is 13.7 Å². The summed E-state index contributed by atoms with van der Waals surface area (Å²) in [5, 5.41) is 1.33. The molecule has 0 spiro atoms. The Hall–Kier alpha value is -1.78. The van der Waals surface area contributed by atoms with Gasteiger partial charge in [0.1, 0.15) is 18.1 Å². The molecule has 2 heterocycles. The number of nitrogens with zero attached hydrogens (tertiary/aromatic N) is 1. The van der Waals surface area contributed by atoms with Crippen LogP contribution in [0.1, 0.15) is 36.5 Å². The average molecular weight is 452 g/mol. The third-order valence-electron chi connectivity index (χ3n) is 5.58. The molecule has 31 heavy (non-hydrogen) atoms. The Labute approximate surface area is 184 Å². The van der Waals surface area contributed by atoms with Crippen molar-refractivity contribution < 1.29 is 33.5 Å². The molecule has 1 aromatic carbocycles. The number of unbranched alkanes of at least 4 members (excludes halogenated alkanes) is 1. The van der Waals surface area contributed by atoms with Crippen molar-refractivity contribution >= 4 is 20.0 Å². The first-order chi connectivity index (χ1) is 14.8. The Bertz CT molecular complexity index is 754. The molecule has 3 rings (SSSR count). The third-order valence-corrected chi connectivity index (χ3v) is 7.75. The van der Waals surface area contributed by atoms with Crippen LogP contribution in [0.2, 0.25) is 19.6 Å². The molecule has 0 saturated carbocycles. The Kier molecular flexibility index (Phi) is 7.87. The highest BCUT2D eigenvalue weighted by Gasteiger charge is 2.60. The zero-order valence-corrected chi connectivity index (χ0v) is 19.9. The number of benzene rings is 1. The van der Waals surface area contributed by atoms with E-state index in [4.69, 9.17) is 23.9 Å². The molecule has 2 aliphatic heterocycles. The molecule has 0 amide bonds. The predicted octanol–water partition coefficient (Wildman–Crippen LogP) is 3.34. The predicted molar refractivity (Wildman–Crippen MR) is 115 cm³/mol. The Morgan fingerprint density at radius 3 is 2.48 bits per heavy atom. The SMILES string of the molecule is CCCCO[C@H]1C[C@@H](OC(=O)c2ccccc2)[C@@H]2[C@@H](C(=O)OC)[C@@H]([Si](C)(C)C)ON2O1. The van der Waals surface area contributed by atoms with Crippen LogP contribution in [-0.4, -0.2) is 63.1 Å². The molecule has 2 fully saturated rings. The maximum Gasteiger partial charge on any atom is 0.338 e. The topological polar surface area (TPSA) is 83.5 Å². The maximum atomic E-state index is 12.8. The van der Waals surface area contributed by atoms with Gasteiger partial charge in [-0.15, -0.1) is 0 Å². The van der Waals surface area contributed by atoms with E-state index in [9.17, 15) is 9.59 Å². The fourth-order valence-corrected chi connectivity index (χ4v) is 5.79. The highest BCUT2D eigenvalue weighted by Crippen LogP contribution is 2.41. The van der Waals surface area contributed by atoms with Crippen molar-refractivity contribution in [2.45, 2.75) is 70.0 Å². The number of hydroxylamine groups is 2. The normalized spacial score (nSPS) is 28.7. The van der Waals surface area contributed by atoms with E-state index < -0.39 is 44.4 Å². The van der Waals surface area contributed by atoms with E-state index in [1.165, 1.54) is 12.3 Å². The molecule has 8 nitrogen and oxygen atoms in total. The first-order valence-corrected chi connectivity index (χ1v) is 14.4. The van der Waals surface area contributed by atoms with E-state index >= 15 is 0 Å². The molecule has 172 valence electrons. The molecule has 1 aromatic rings. The third kappa shape index (κ3) is 5.53. The van der Waals surface area contributed by atoms with Gasteiger partial charge in [-0.3, -0.25) is 9.63 Å². The molecule has 2 saturated heterocycles. The van der Waals surface area contributed by atoms with Crippen molar-refractivity contribution in [3.05, 3.63) is 35.9 Å². The molecule has 2 aliphatic rings. The fourth-order valence-electron chi connectivity index (χ4n) is 3.96. The molecular formula is C22H33NO7Si. The molecule has 0 unspecified atom stereocenters. The van der Waals surface area contributed by atoms with E-state index in [0.29, 0.717) is 18.6 Å². The molecular weight excluding hydrogens is 418 g/mol. The molecule has 0 aliphatic carbocycles. The summed E-state index contributed by atoms with van der Waals surface area (Å²) in [5.74, 6) is -1.48. The summed E-state index contributed by atoms with van der Waals surface area (Å²) in [5.41, 5.74) is 0.0662. The summed E-state index contributed by atoms with van der Waals surface area (Å²) < 4.78 is 16.9. The van der Waals surface area contributed by atoms with Crippen molar-refractivity contribution in [3.63, 3.8) is 0 Å². The lowest BCUT2D eigenvalue weighted by Gasteiger charge is -2.38. The van der Waals surface area contributed by atoms with Crippen LogP contribution in [0.4, 0.5) is 0 Å². The summed E-state index contributed by atoms with van der Waals surface area (Å²) in [4.78, 5) is 37.7. The smallest absolute Gasteiger partial charge is 0.338 e. The van der Waals surface area contributed by atoms with Crippen molar-refractivity contribution in [1.29, 1.82) is 0 Å². The number of carbonyl (C=O) groups is 2. The van der Waals surface area contributed by atoms with Crippen LogP contribution in [0.3, 0.4) is 0 Å². The van der Waals surface area contributed by atoms with E-state index in [-0.39, 0.29) is 5.73 Å². The number of fused-ring (bicyclic) bond motifs is 1. The highest BCUT2D eigenvalue weighted by atomic mass is 28.3. The van der Waals surface area contributed by atoms with Gasteiger partial charge in [-0.2, -0.15) is 0 Å². The average Bonchev–Trinajstić information content (AvgIpc) is 3.14. The second-order valence-corrected chi connectivity index (χ2v) is 14.3. The Morgan fingerprint density at radius 2 is 1.87 bits per heavy atom. The van der Waals surface area contributed by atoms with Crippen LogP contribution in [-0.2, 0) is 28.7 Å². The zero-order chi connectivity index (χ0) is 22.6. The summed E-state index contributed by atoms with van der Waals surface area (Å²) in [6, 6.07) is 8.18. The largest absolute Gasteiger partial charge is 0.469 e. The minimum Gasteiger partial charge on any atom is -0.469 e. The van der Waals surface area contributed by atoms with Gasteiger partial charge in [0.2, 0.25) is 0 Å². The molecule has 0 aromatic heterocycles. The number of esters is 2. The van der Waals surface area contributed by atoms with Crippen molar-refractivity contribution in [2.24, 2.45) is 5.92 Å². The standard InChI is InChI=1S/C22H33NO7Si/c1-6-7-13-27-17-14-16(28-20(24)15-11-9-8-10-12-15)19-18(21(25)26-2)22(31(3,4)5)30-23(19)29-17/h8-12,16-19,22H,6-7,13-14H2,1-5H3/t16-,17-,18+,19-,22-/m1/s1. The van der Waals surface area contributed by atoms with Crippen LogP contribution in [0.25, 0.3) is 0 Å². The van der Waals surface area contributed by atoms with Crippen LogP contribution < -0.4 is 0 Å². The molecule has 9 heteroatoms. The Balaban J connectivity index is 1.87. The van der Waals surface area contributed by atoms with E-state index in [0.717, 1.165) is 12.8 Å². The highest BCUT2D eigenvalue weighted by molar-refractivity contribution is 6.77. The van der Waals surface area contributed by atoms with Gasteiger partial charge in [0.05, 0.1) is 26.5 Å². The van der Waals surface area contributed by atoms with Crippen LogP contribution in [0, 0.1) is 5.92 Å². The molecule has 0 N–H and O–H groups in total. The van der Waals surface area contributed by atoms with Crippen LogP contribution in [0.15, 0.2) is 30.3 Å². The second-order valence-electron chi connectivity index (χ2n) is 9.02.